The van der Waals surface area contributed by atoms with Crippen molar-refractivity contribution < 1.29 is 9.53 Å². The molecule has 3 rings (SSSR count). The van der Waals surface area contributed by atoms with Crippen LogP contribution in [0.1, 0.15) is 5.56 Å². The van der Waals surface area contributed by atoms with Gasteiger partial charge in [0.05, 0.1) is 5.52 Å². The van der Waals surface area contributed by atoms with E-state index in [0.717, 1.165) is 10.9 Å². The molecule has 0 bridgehead atoms. The van der Waals surface area contributed by atoms with Gasteiger partial charge in [-0.05, 0) is 5.56 Å². The molecule has 0 amide bonds. The monoisotopic (exact) mass is 253 g/mol. The Morgan fingerprint density at radius 1 is 1.21 bits per heavy atom. The molecular formula is C14H11N3O2. The molecule has 0 fully saturated rings. The maximum absolute atomic E-state index is 11.9. The molecular weight excluding hydrogens is 242 g/mol. The van der Waals surface area contributed by atoms with Gasteiger partial charge in [0.1, 0.15) is 12.9 Å². The molecule has 0 radical (unpaired) electrons. The van der Waals surface area contributed by atoms with Crippen LogP contribution in [0.5, 0.6) is 0 Å². The van der Waals surface area contributed by atoms with Gasteiger partial charge in [-0.15, -0.1) is 0 Å². The van der Waals surface area contributed by atoms with Gasteiger partial charge < -0.3 is 4.74 Å². The van der Waals surface area contributed by atoms with E-state index in [2.05, 4.69) is 9.97 Å². The Kier molecular flexibility index (Phi) is 2.94. The zero-order valence-corrected chi connectivity index (χ0v) is 10.1. The van der Waals surface area contributed by atoms with Crippen molar-refractivity contribution in [2.45, 2.75) is 6.61 Å². The second kappa shape index (κ2) is 4.89. The smallest absolute Gasteiger partial charge is 0.418 e. The van der Waals surface area contributed by atoms with Crippen LogP contribution in [0.25, 0.3) is 10.9 Å². The average Bonchev–Trinajstić information content (AvgIpc) is 2.90. The van der Waals surface area contributed by atoms with Crippen LogP contribution in [0.4, 0.5) is 4.79 Å². The van der Waals surface area contributed by atoms with Gasteiger partial charge in [-0.1, -0.05) is 30.3 Å². The number of fused-ring (bicyclic) bond motifs is 1. The number of rotatable bonds is 2. The third-order valence-electron chi connectivity index (χ3n) is 2.73. The maximum Gasteiger partial charge on any atom is 0.418 e. The van der Waals surface area contributed by atoms with E-state index in [4.69, 9.17) is 4.74 Å². The topological polar surface area (TPSA) is 57.0 Å². The number of benzene rings is 1. The summed E-state index contributed by atoms with van der Waals surface area (Å²) >= 11 is 0. The molecule has 0 N–H and O–H groups in total. The largest absolute Gasteiger partial charge is 0.444 e. The van der Waals surface area contributed by atoms with Gasteiger partial charge in [0.2, 0.25) is 0 Å². The number of carbonyl (C=O) groups is 1. The molecule has 1 aromatic carbocycles. The summed E-state index contributed by atoms with van der Waals surface area (Å²) < 4.78 is 6.60. The second-order valence-corrected chi connectivity index (χ2v) is 4.07. The predicted octanol–water partition coefficient (Wildman–Crippen LogP) is 2.62. The fourth-order valence-corrected chi connectivity index (χ4v) is 1.78. The molecule has 0 saturated heterocycles. The summed E-state index contributed by atoms with van der Waals surface area (Å²) in [5.41, 5.74) is 1.67. The van der Waals surface area contributed by atoms with Crippen molar-refractivity contribution in [2.75, 3.05) is 0 Å². The van der Waals surface area contributed by atoms with Gasteiger partial charge in [-0.25, -0.2) is 14.8 Å². The van der Waals surface area contributed by atoms with Gasteiger partial charge in [0.15, 0.2) is 0 Å². The van der Waals surface area contributed by atoms with Gasteiger partial charge in [-0.3, -0.25) is 4.57 Å². The highest BCUT2D eigenvalue weighted by atomic mass is 16.5. The predicted molar refractivity (Wildman–Crippen MR) is 69.6 cm³/mol. The van der Waals surface area contributed by atoms with Crippen LogP contribution in [0, 0.1) is 0 Å². The lowest BCUT2D eigenvalue weighted by Gasteiger charge is -2.04. The van der Waals surface area contributed by atoms with E-state index >= 15 is 0 Å². The van der Waals surface area contributed by atoms with Crippen molar-refractivity contribution in [2.24, 2.45) is 0 Å². The number of nitrogens with zero attached hydrogens (tertiary/aromatic N) is 3. The van der Waals surface area contributed by atoms with Crippen molar-refractivity contribution >= 4 is 17.0 Å². The average molecular weight is 253 g/mol. The first-order chi connectivity index (χ1) is 9.33. The van der Waals surface area contributed by atoms with Crippen molar-refractivity contribution in [3.05, 3.63) is 60.8 Å². The standard InChI is InChI=1S/C14H11N3O2/c18-14(19-9-11-4-2-1-3-5-11)17-7-12-6-15-10-16-13(12)8-17/h1-8,10H,9H2. The number of ether oxygens (including phenoxy) is 1. The summed E-state index contributed by atoms with van der Waals surface area (Å²) in [6, 6.07) is 9.55. The Balaban J connectivity index is 1.73. The highest BCUT2D eigenvalue weighted by molar-refractivity contribution is 5.83. The minimum atomic E-state index is -0.429. The molecule has 0 aliphatic carbocycles. The van der Waals surface area contributed by atoms with E-state index < -0.39 is 6.09 Å². The van der Waals surface area contributed by atoms with Crippen LogP contribution in [0.3, 0.4) is 0 Å². The van der Waals surface area contributed by atoms with Gasteiger partial charge in [0, 0.05) is 24.0 Å². The normalized spacial score (nSPS) is 10.5. The van der Waals surface area contributed by atoms with E-state index in [1.54, 1.807) is 18.6 Å². The lowest BCUT2D eigenvalue weighted by molar-refractivity contribution is 0.141. The number of hydrogen-bond donors (Lipinski definition) is 0. The lowest BCUT2D eigenvalue weighted by atomic mass is 10.2. The molecule has 5 nitrogen and oxygen atoms in total. The molecule has 0 saturated carbocycles. The van der Waals surface area contributed by atoms with E-state index in [1.165, 1.54) is 10.9 Å². The quantitative estimate of drug-likeness (QED) is 0.704. The Morgan fingerprint density at radius 2 is 2.05 bits per heavy atom. The molecule has 5 heteroatoms. The number of carbonyl (C=O) groups excluding carboxylic acids is 1. The highest BCUT2D eigenvalue weighted by Crippen LogP contribution is 2.11. The number of aromatic nitrogens is 3. The first kappa shape index (κ1) is 11.4. The van der Waals surface area contributed by atoms with Crippen LogP contribution >= 0.6 is 0 Å². The Morgan fingerprint density at radius 3 is 2.84 bits per heavy atom. The van der Waals surface area contributed by atoms with Crippen molar-refractivity contribution in [3.63, 3.8) is 0 Å². The third-order valence-corrected chi connectivity index (χ3v) is 2.73. The van der Waals surface area contributed by atoms with Crippen molar-refractivity contribution in [3.8, 4) is 0 Å². The summed E-state index contributed by atoms with van der Waals surface area (Å²) in [4.78, 5) is 19.8. The SMILES string of the molecule is O=C(OCc1ccccc1)n1cc2cncnc2c1. The van der Waals surface area contributed by atoms with Gasteiger partial charge in [-0.2, -0.15) is 0 Å². The molecule has 19 heavy (non-hydrogen) atoms. The van der Waals surface area contributed by atoms with Gasteiger partial charge in [0.25, 0.3) is 0 Å². The Hall–Kier alpha value is -2.69. The molecule has 3 aromatic rings. The fourth-order valence-electron chi connectivity index (χ4n) is 1.78. The van der Waals surface area contributed by atoms with Crippen LogP contribution in [-0.4, -0.2) is 20.6 Å². The molecule has 0 aliphatic heterocycles. The summed E-state index contributed by atoms with van der Waals surface area (Å²) in [6.07, 6.45) is 5.96. The molecule has 0 spiro atoms. The molecule has 94 valence electrons. The summed E-state index contributed by atoms with van der Waals surface area (Å²) in [7, 11) is 0. The maximum atomic E-state index is 11.9. The van der Waals surface area contributed by atoms with Crippen LogP contribution in [0.2, 0.25) is 0 Å². The summed E-state index contributed by atoms with van der Waals surface area (Å²) in [5, 5.41) is 0.805. The molecule has 0 aliphatic rings. The fraction of sp³-hybridized carbons (Fsp3) is 0.0714. The molecule has 2 aromatic heterocycles. The third kappa shape index (κ3) is 2.44. The highest BCUT2D eigenvalue weighted by Gasteiger charge is 2.08. The number of hydrogen-bond acceptors (Lipinski definition) is 4. The zero-order chi connectivity index (χ0) is 13.1. The van der Waals surface area contributed by atoms with E-state index in [0.29, 0.717) is 5.52 Å². The zero-order valence-electron chi connectivity index (χ0n) is 10.1. The van der Waals surface area contributed by atoms with Crippen LogP contribution in [0.15, 0.2) is 55.2 Å². The minimum Gasteiger partial charge on any atom is -0.444 e. The second-order valence-electron chi connectivity index (χ2n) is 4.07. The molecule has 0 atom stereocenters. The first-order valence-corrected chi connectivity index (χ1v) is 5.82. The minimum absolute atomic E-state index is 0.250. The van der Waals surface area contributed by atoms with E-state index in [1.807, 2.05) is 30.3 Å². The van der Waals surface area contributed by atoms with Gasteiger partial charge >= 0.3 is 6.09 Å². The van der Waals surface area contributed by atoms with E-state index in [-0.39, 0.29) is 6.61 Å². The molecule has 0 unspecified atom stereocenters. The van der Waals surface area contributed by atoms with Crippen LogP contribution < -0.4 is 0 Å². The van der Waals surface area contributed by atoms with Crippen molar-refractivity contribution in [1.82, 2.24) is 14.5 Å². The van der Waals surface area contributed by atoms with E-state index in [9.17, 15) is 4.79 Å². The van der Waals surface area contributed by atoms with Crippen molar-refractivity contribution in [1.29, 1.82) is 0 Å². The Labute approximate surface area is 109 Å². The summed E-state index contributed by atoms with van der Waals surface area (Å²) in [6.45, 7) is 0.250. The lowest BCUT2D eigenvalue weighted by Crippen LogP contribution is -2.11. The molecule has 2 heterocycles. The first-order valence-electron chi connectivity index (χ1n) is 5.82. The summed E-state index contributed by atoms with van der Waals surface area (Å²) in [5.74, 6) is 0. The Bertz CT molecular complexity index is 674. The van der Waals surface area contributed by atoms with Crippen LogP contribution in [-0.2, 0) is 11.3 Å².